The Labute approximate surface area is 134 Å². The van der Waals surface area contributed by atoms with Crippen LogP contribution in [-0.2, 0) is 4.79 Å². The molecule has 0 aliphatic rings. The van der Waals surface area contributed by atoms with Crippen molar-refractivity contribution in [3.8, 4) is 0 Å². The molecule has 1 aromatic carbocycles. The number of hydrogen-bond acceptors (Lipinski definition) is 2. The summed E-state index contributed by atoms with van der Waals surface area (Å²) >= 11 is 3.37. The van der Waals surface area contributed by atoms with Gasteiger partial charge in [-0.1, -0.05) is 22.0 Å². The number of benzene rings is 1. The SMILES string of the molecule is Cc1ccc(Br)cc1NC(=O)N(C)CC(=O)NC(C)(C)C. The van der Waals surface area contributed by atoms with Crippen LogP contribution < -0.4 is 10.6 Å². The molecule has 0 atom stereocenters. The van der Waals surface area contributed by atoms with Crippen molar-refractivity contribution in [1.29, 1.82) is 0 Å². The van der Waals surface area contributed by atoms with Crippen molar-refractivity contribution in [3.05, 3.63) is 28.2 Å². The van der Waals surface area contributed by atoms with Crippen molar-refractivity contribution in [2.75, 3.05) is 18.9 Å². The Hall–Kier alpha value is -1.56. The number of carbonyl (C=O) groups is 2. The first-order chi connectivity index (χ1) is 9.58. The van der Waals surface area contributed by atoms with E-state index in [1.54, 1.807) is 7.05 Å². The zero-order valence-corrected chi connectivity index (χ0v) is 14.7. The Balaban J connectivity index is 2.63. The summed E-state index contributed by atoms with van der Waals surface area (Å²) in [5, 5.41) is 5.62. The molecule has 2 N–H and O–H groups in total. The fourth-order valence-electron chi connectivity index (χ4n) is 1.68. The highest BCUT2D eigenvalue weighted by Gasteiger charge is 2.18. The number of rotatable bonds is 3. The maximum atomic E-state index is 12.1. The number of nitrogens with one attached hydrogen (secondary N) is 2. The highest BCUT2D eigenvalue weighted by molar-refractivity contribution is 9.10. The van der Waals surface area contributed by atoms with E-state index >= 15 is 0 Å². The quantitative estimate of drug-likeness (QED) is 0.874. The van der Waals surface area contributed by atoms with Gasteiger partial charge in [-0.3, -0.25) is 4.79 Å². The molecule has 0 saturated carbocycles. The molecule has 0 aromatic heterocycles. The van der Waals surface area contributed by atoms with E-state index in [4.69, 9.17) is 0 Å². The van der Waals surface area contributed by atoms with Crippen LogP contribution in [0.3, 0.4) is 0 Å². The van der Waals surface area contributed by atoms with E-state index < -0.39 is 0 Å². The molecule has 0 heterocycles. The van der Waals surface area contributed by atoms with Gasteiger partial charge in [-0.05, 0) is 45.4 Å². The summed E-state index contributed by atoms with van der Waals surface area (Å²) in [5.74, 6) is -0.189. The summed E-state index contributed by atoms with van der Waals surface area (Å²) in [6, 6.07) is 5.33. The molecule has 0 fully saturated rings. The zero-order valence-electron chi connectivity index (χ0n) is 13.1. The summed E-state index contributed by atoms with van der Waals surface area (Å²) in [6.45, 7) is 7.62. The van der Waals surface area contributed by atoms with E-state index in [0.717, 1.165) is 15.7 Å². The number of aryl methyl sites for hydroxylation is 1. The lowest BCUT2D eigenvalue weighted by molar-refractivity contribution is -0.122. The molecule has 0 bridgehead atoms. The molecule has 0 spiro atoms. The second-order valence-electron chi connectivity index (χ2n) is 6.04. The molecule has 21 heavy (non-hydrogen) atoms. The number of hydrogen-bond donors (Lipinski definition) is 2. The Morgan fingerprint density at radius 3 is 2.48 bits per heavy atom. The number of likely N-dealkylation sites (N-methyl/N-ethyl adjacent to an activating group) is 1. The molecule has 1 aromatic rings. The van der Waals surface area contributed by atoms with Crippen molar-refractivity contribution in [2.45, 2.75) is 33.2 Å². The van der Waals surface area contributed by atoms with Crippen LogP contribution in [0, 0.1) is 6.92 Å². The Kier molecular flexibility index (Phi) is 5.78. The molecule has 0 saturated heterocycles. The van der Waals surface area contributed by atoms with Crippen LogP contribution in [0.1, 0.15) is 26.3 Å². The highest BCUT2D eigenvalue weighted by Crippen LogP contribution is 2.20. The lowest BCUT2D eigenvalue weighted by Gasteiger charge is -2.23. The predicted molar refractivity (Wildman–Crippen MR) is 88.4 cm³/mol. The molecular weight excluding hydrogens is 334 g/mol. The van der Waals surface area contributed by atoms with Crippen molar-refractivity contribution >= 4 is 33.6 Å². The van der Waals surface area contributed by atoms with Gasteiger partial charge in [0.2, 0.25) is 5.91 Å². The monoisotopic (exact) mass is 355 g/mol. The normalized spacial score (nSPS) is 11.0. The lowest BCUT2D eigenvalue weighted by Crippen LogP contribution is -2.47. The average molecular weight is 356 g/mol. The zero-order chi connectivity index (χ0) is 16.2. The minimum atomic E-state index is -0.319. The second-order valence-corrected chi connectivity index (χ2v) is 6.96. The number of halogens is 1. The van der Waals surface area contributed by atoms with Gasteiger partial charge in [-0.15, -0.1) is 0 Å². The van der Waals surface area contributed by atoms with Gasteiger partial charge in [0.1, 0.15) is 6.54 Å². The van der Waals surface area contributed by atoms with Gasteiger partial charge in [0.05, 0.1) is 0 Å². The Morgan fingerprint density at radius 1 is 1.29 bits per heavy atom. The van der Waals surface area contributed by atoms with Crippen molar-refractivity contribution in [2.24, 2.45) is 0 Å². The van der Waals surface area contributed by atoms with Gasteiger partial charge < -0.3 is 15.5 Å². The first-order valence-corrected chi connectivity index (χ1v) is 7.47. The van der Waals surface area contributed by atoms with E-state index in [0.29, 0.717) is 0 Å². The first-order valence-electron chi connectivity index (χ1n) is 6.68. The van der Waals surface area contributed by atoms with Crippen LogP contribution in [0.25, 0.3) is 0 Å². The van der Waals surface area contributed by atoms with E-state index in [9.17, 15) is 9.59 Å². The minimum absolute atomic E-state index is 0.0101. The fourth-order valence-corrected chi connectivity index (χ4v) is 2.05. The summed E-state index contributed by atoms with van der Waals surface area (Å²) in [4.78, 5) is 25.3. The lowest BCUT2D eigenvalue weighted by atomic mass is 10.1. The number of carbonyl (C=O) groups excluding carboxylic acids is 2. The van der Waals surface area contributed by atoms with Gasteiger partial charge >= 0.3 is 6.03 Å². The molecule has 0 unspecified atom stereocenters. The van der Waals surface area contributed by atoms with E-state index in [1.807, 2.05) is 45.9 Å². The summed E-state index contributed by atoms with van der Waals surface area (Å²) in [5.41, 5.74) is 1.37. The largest absolute Gasteiger partial charge is 0.350 e. The van der Waals surface area contributed by atoms with E-state index in [2.05, 4.69) is 26.6 Å². The molecule has 0 aliphatic carbocycles. The van der Waals surface area contributed by atoms with Gasteiger partial charge in [0.15, 0.2) is 0 Å². The third-order valence-corrected chi connectivity index (χ3v) is 3.18. The maximum Gasteiger partial charge on any atom is 0.322 e. The molecule has 116 valence electrons. The third kappa shape index (κ3) is 6.16. The van der Waals surface area contributed by atoms with Crippen LogP contribution in [0.2, 0.25) is 0 Å². The van der Waals surface area contributed by atoms with Crippen LogP contribution in [-0.4, -0.2) is 36.0 Å². The molecule has 1 rings (SSSR count). The smallest absolute Gasteiger partial charge is 0.322 e. The first kappa shape index (κ1) is 17.5. The number of anilines is 1. The molecule has 0 radical (unpaired) electrons. The summed E-state index contributed by atoms with van der Waals surface area (Å²) < 4.78 is 0.886. The minimum Gasteiger partial charge on any atom is -0.350 e. The van der Waals surface area contributed by atoms with Crippen molar-refractivity contribution < 1.29 is 9.59 Å². The Morgan fingerprint density at radius 2 is 1.90 bits per heavy atom. The van der Waals surface area contributed by atoms with Crippen LogP contribution in [0.15, 0.2) is 22.7 Å². The van der Waals surface area contributed by atoms with Gasteiger partial charge in [-0.2, -0.15) is 0 Å². The van der Waals surface area contributed by atoms with E-state index in [1.165, 1.54) is 4.90 Å². The topological polar surface area (TPSA) is 61.4 Å². The molecule has 6 heteroatoms. The summed E-state index contributed by atoms with van der Waals surface area (Å²) in [7, 11) is 1.59. The third-order valence-electron chi connectivity index (χ3n) is 2.68. The summed E-state index contributed by atoms with van der Waals surface area (Å²) in [6.07, 6.45) is 0. The van der Waals surface area contributed by atoms with Gasteiger partial charge in [0, 0.05) is 22.7 Å². The van der Waals surface area contributed by atoms with Crippen molar-refractivity contribution in [3.63, 3.8) is 0 Å². The molecule has 5 nitrogen and oxygen atoms in total. The van der Waals surface area contributed by atoms with Crippen LogP contribution in [0.4, 0.5) is 10.5 Å². The molecule has 0 aliphatic heterocycles. The number of urea groups is 1. The molecular formula is C15H22BrN3O2. The van der Waals surface area contributed by atoms with Gasteiger partial charge in [0.25, 0.3) is 0 Å². The maximum absolute atomic E-state index is 12.1. The predicted octanol–water partition coefficient (Wildman–Crippen LogP) is 3.14. The van der Waals surface area contributed by atoms with Crippen LogP contribution >= 0.6 is 15.9 Å². The van der Waals surface area contributed by atoms with E-state index in [-0.39, 0.29) is 24.0 Å². The number of nitrogens with zero attached hydrogens (tertiary/aromatic N) is 1. The van der Waals surface area contributed by atoms with Gasteiger partial charge in [-0.25, -0.2) is 4.79 Å². The highest BCUT2D eigenvalue weighted by atomic mass is 79.9. The molecule has 3 amide bonds. The average Bonchev–Trinajstić information content (AvgIpc) is 2.31. The Bertz CT molecular complexity index is 538. The fraction of sp³-hybridized carbons (Fsp3) is 0.467. The second kappa shape index (κ2) is 6.93. The standard InChI is InChI=1S/C15H22BrN3O2/c1-10-6-7-11(16)8-12(10)17-14(21)19(5)9-13(20)18-15(2,3)4/h6-8H,9H2,1-5H3,(H,17,21)(H,18,20). The van der Waals surface area contributed by atoms with Crippen molar-refractivity contribution in [1.82, 2.24) is 10.2 Å². The number of amides is 3. The van der Waals surface area contributed by atoms with Crippen LogP contribution in [0.5, 0.6) is 0 Å².